The zero-order chi connectivity index (χ0) is 13.8. The van der Waals surface area contributed by atoms with Crippen LogP contribution in [-0.4, -0.2) is 31.1 Å². The fraction of sp³-hybridized carbons (Fsp3) is 0.529. The van der Waals surface area contributed by atoms with Crippen LogP contribution < -0.4 is 5.32 Å². The number of nitrogens with zero attached hydrogens (tertiary/aromatic N) is 1. The smallest absolute Gasteiger partial charge is 0.0388 e. The number of piperazine rings is 1. The molecule has 1 aromatic carbocycles. The summed E-state index contributed by atoms with van der Waals surface area (Å²) in [4.78, 5) is 2.60. The van der Waals surface area contributed by atoms with E-state index in [-0.39, 0.29) is 24.8 Å². The van der Waals surface area contributed by atoms with E-state index in [9.17, 15) is 0 Å². The Kier molecular flexibility index (Phi) is 9.23. The van der Waals surface area contributed by atoms with Gasteiger partial charge in [-0.3, -0.25) is 4.90 Å². The summed E-state index contributed by atoms with van der Waals surface area (Å²) in [5.74, 6) is 0. The van der Waals surface area contributed by atoms with Crippen molar-refractivity contribution < 1.29 is 0 Å². The Hall–Kier alpha value is -0.540. The van der Waals surface area contributed by atoms with E-state index >= 15 is 0 Å². The van der Waals surface area contributed by atoms with Crippen LogP contribution in [0.1, 0.15) is 36.1 Å². The monoisotopic (exact) mass is 330 g/mol. The Morgan fingerprint density at radius 3 is 2.38 bits per heavy atom. The fourth-order valence-corrected chi connectivity index (χ4v) is 2.96. The van der Waals surface area contributed by atoms with E-state index in [1.165, 1.54) is 22.3 Å². The predicted molar refractivity (Wildman–Crippen MR) is 97.0 cm³/mol. The van der Waals surface area contributed by atoms with E-state index in [1.54, 1.807) is 0 Å². The first-order chi connectivity index (χ1) is 9.08. The first-order valence-electron chi connectivity index (χ1n) is 7.24. The molecule has 0 aromatic heterocycles. The summed E-state index contributed by atoms with van der Waals surface area (Å²) in [5.41, 5.74) is 5.49. The van der Waals surface area contributed by atoms with Gasteiger partial charge < -0.3 is 5.32 Å². The minimum Gasteiger partial charge on any atom is -0.314 e. The highest BCUT2D eigenvalue weighted by molar-refractivity contribution is 5.85. The Morgan fingerprint density at radius 1 is 1.24 bits per heavy atom. The van der Waals surface area contributed by atoms with Crippen molar-refractivity contribution in [2.75, 3.05) is 26.2 Å². The standard InChI is InChI=1S/C17H26N2.2ClH/c1-13(2)11-17(19-9-7-18-8-10-19)16-6-5-14(3)12-15(16)4;;/h5-6,12,17-18H,1,7-11H2,2-4H3;2*1H/t17-;;/m0../s1. The van der Waals surface area contributed by atoms with Crippen molar-refractivity contribution >= 4 is 24.8 Å². The van der Waals surface area contributed by atoms with Crippen molar-refractivity contribution in [2.24, 2.45) is 0 Å². The molecule has 1 aliphatic rings. The largest absolute Gasteiger partial charge is 0.314 e. The summed E-state index contributed by atoms with van der Waals surface area (Å²) in [5, 5.41) is 3.43. The highest BCUT2D eigenvalue weighted by atomic mass is 35.5. The molecule has 2 rings (SSSR count). The van der Waals surface area contributed by atoms with E-state index in [2.05, 4.69) is 55.8 Å². The van der Waals surface area contributed by atoms with E-state index in [0.717, 1.165) is 32.6 Å². The second-order valence-corrected chi connectivity index (χ2v) is 5.82. The van der Waals surface area contributed by atoms with Gasteiger partial charge in [0, 0.05) is 32.2 Å². The average Bonchev–Trinajstić information content (AvgIpc) is 2.37. The van der Waals surface area contributed by atoms with Gasteiger partial charge in [-0.15, -0.1) is 31.4 Å². The van der Waals surface area contributed by atoms with Crippen molar-refractivity contribution in [1.82, 2.24) is 10.2 Å². The van der Waals surface area contributed by atoms with Crippen LogP contribution in [-0.2, 0) is 0 Å². The van der Waals surface area contributed by atoms with Crippen molar-refractivity contribution in [3.63, 3.8) is 0 Å². The molecular formula is C17H28Cl2N2. The van der Waals surface area contributed by atoms with Gasteiger partial charge in [-0.25, -0.2) is 0 Å². The molecule has 0 bridgehead atoms. The molecule has 4 heteroatoms. The summed E-state index contributed by atoms with van der Waals surface area (Å²) in [6.45, 7) is 15.1. The third-order valence-electron chi connectivity index (χ3n) is 3.92. The van der Waals surface area contributed by atoms with Gasteiger partial charge in [-0.1, -0.05) is 29.3 Å². The van der Waals surface area contributed by atoms with Crippen molar-refractivity contribution in [3.05, 3.63) is 47.0 Å². The van der Waals surface area contributed by atoms with E-state index < -0.39 is 0 Å². The van der Waals surface area contributed by atoms with E-state index in [1.807, 2.05) is 0 Å². The molecule has 120 valence electrons. The van der Waals surface area contributed by atoms with Gasteiger partial charge in [-0.2, -0.15) is 0 Å². The summed E-state index contributed by atoms with van der Waals surface area (Å²) in [6, 6.07) is 7.32. The van der Waals surface area contributed by atoms with Crippen LogP contribution in [0.15, 0.2) is 30.4 Å². The number of hydrogen-bond acceptors (Lipinski definition) is 2. The molecule has 2 nitrogen and oxygen atoms in total. The van der Waals surface area contributed by atoms with Crippen molar-refractivity contribution in [3.8, 4) is 0 Å². The molecule has 0 radical (unpaired) electrons. The predicted octanol–water partition coefficient (Wildman–Crippen LogP) is 4.06. The number of aryl methyl sites for hydroxylation is 2. The van der Waals surface area contributed by atoms with Crippen molar-refractivity contribution in [2.45, 2.75) is 33.2 Å². The van der Waals surface area contributed by atoms with Crippen LogP contribution in [0, 0.1) is 13.8 Å². The third kappa shape index (κ3) is 5.63. The molecule has 0 unspecified atom stereocenters. The van der Waals surface area contributed by atoms with Gasteiger partial charge in [0.15, 0.2) is 0 Å². The second-order valence-electron chi connectivity index (χ2n) is 5.82. The van der Waals surface area contributed by atoms with Crippen LogP contribution in [0.4, 0.5) is 0 Å². The lowest BCUT2D eigenvalue weighted by molar-refractivity contribution is 0.172. The lowest BCUT2D eigenvalue weighted by Crippen LogP contribution is -2.45. The summed E-state index contributed by atoms with van der Waals surface area (Å²) < 4.78 is 0. The van der Waals surface area contributed by atoms with Gasteiger partial charge in [0.25, 0.3) is 0 Å². The number of hydrogen-bond donors (Lipinski definition) is 1. The molecule has 0 aliphatic carbocycles. The summed E-state index contributed by atoms with van der Waals surface area (Å²) in [7, 11) is 0. The fourth-order valence-electron chi connectivity index (χ4n) is 2.96. The molecular weight excluding hydrogens is 303 g/mol. The first-order valence-corrected chi connectivity index (χ1v) is 7.24. The molecule has 0 saturated carbocycles. The number of halogens is 2. The molecule has 0 amide bonds. The summed E-state index contributed by atoms with van der Waals surface area (Å²) >= 11 is 0. The molecule has 1 aromatic rings. The minimum absolute atomic E-state index is 0. The van der Waals surface area contributed by atoms with Crippen LogP contribution >= 0.6 is 24.8 Å². The molecule has 1 saturated heterocycles. The molecule has 21 heavy (non-hydrogen) atoms. The topological polar surface area (TPSA) is 15.3 Å². The average molecular weight is 331 g/mol. The Morgan fingerprint density at radius 2 is 1.86 bits per heavy atom. The Bertz CT molecular complexity index is 454. The third-order valence-corrected chi connectivity index (χ3v) is 3.92. The highest BCUT2D eigenvalue weighted by Gasteiger charge is 2.23. The zero-order valence-corrected chi connectivity index (χ0v) is 14.9. The minimum atomic E-state index is 0. The quantitative estimate of drug-likeness (QED) is 0.837. The Balaban J connectivity index is 0.00000200. The summed E-state index contributed by atoms with van der Waals surface area (Å²) in [6.07, 6.45) is 1.06. The maximum Gasteiger partial charge on any atom is 0.0388 e. The SMILES string of the molecule is C=C(C)C[C@@H](c1ccc(C)cc1C)N1CCNCC1.Cl.Cl. The van der Waals surface area contributed by atoms with Gasteiger partial charge in [0.2, 0.25) is 0 Å². The van der Waals surface area contributed by atoms with Gasteiger partial charge in [-0.05, 0) is 38.3 Å². The number of nitrogens with one attached hydrogen (secondary N) is 1. The number of benzene rings is 1. The number of rotatable bonds is 4. The first kappa shape index (κ1) is 20.5. The van der Waals surface area contributed by atoms with Gasteiger partial charge in [0.1, 0.15) is 0 Å². The molecule has 1 aliphatic heterocycles. The lowest BCUT2D eigenvalue weighted by Gasteiger charge is -2.36. The van der Waals surface area contributed by atoms with Crippen LogP contribution in [0.3, 0.4) is 0 Å². The zero-order valence-electron chi connectivity index (χ0n) is 13.3. The van der Waals surface area contributed by atoms with Gasteiger partial charge >= 0.3 is 0 Å². The van der Waals surface area contributed by atoms with E-state index in [4.69, 9.17) is 0 Å². The van der Waals surface area contributed by atoms with Crippen LogP contribution in [0.2, 0.25) is 0 Å². The maximum absolute atomic E-state index is 4.12. The van der Waals surface area contributed by atoms with Gasteiger partial charge in [0.05, 0.1) is 0 Å². The van der Waals surface area contributed by atoms with Crippen LogP contribution in [0.5, 0.6) is 0 Å². The molecule has 0 spiro atoms. The van der Waals surface area contributed by atoms with Crippen molar-refractivity contribution in [1.29, 1.82) is 0 Å². The Labute approximate surface area is 141 Å². The molecule has 1 fully saturated rings. The molecule has 1 atom stereocenters. The maximum atomic E-state index is 4.12. The highest BCUT2D eigenvalue weighted by Crippen LogP contribution is 2.30. The molecule has 1 heterocycles. The van der Waals surface area contributed by atoms with E-state index in [0.29, 0.717) is 6.04 Å². The molecule has 1 N–H and O–H groups in total. The normalized spacial score (nSPS) is 16.5. The lowest BCUT2D eigenvalue weighted by atomic mass is 9.93. The second kappa shape index (κ2) is 9.47. The van der Waals surface area contributed by atoms with Crippen LogP contribution in [0.25, 0.3) is 0 Å².